The number of fused-ring (bicyclic) bond motifs is 4. The summed E-state index contributed by atoms with van der Waals surface area (Å²) >= 11 is 0. The number of ether oxygens (including phenoxy) is 4. The van der Waals surface area contributed by atoms with Crippen LogP contribution in [0.25, 0.3) is 11.1 Å². The Morgan fingerprint density at radius 3 is 1.81 bits per heavy atom. The van der Waals surface area contributed by atoms with E-state index in [1.807, 2.05) is 87.1 Å². The Morgan fingerprint density at radius 1 is 0.642 bits per heavy atom. The number of methoxy groups -OCH3 is 2. The van der Waals surface area contributed by atoms with E-state index in [9.17, 15) is 33.6 Å². The number of allylic oxidation sites excluding steroid dienone is 7. The largest absolute Gasteiger partial charge is 0.493 e. The van der Waals surface area contributed by atoms with Gasteiger partial charge in [0.1, 0.15) is 12.1 Å². The molecular formula is C75H85N9O11. The van der Waals surface area contributed by atoms with Gasteiger partial charge in [-0.15, -0.1) is 0 Å². The number of piperidine rings is 1. The molecule has 0 aromatic heterocycles. The van der Waals surface area contributed by atoms with Crippen molar-refractivity contribution in [1.29, 1.82) is 0 Å². The van der Waals surface area contributed by atoms with Crippen molar-refractivity contribution in [3.8, 4) is 23.0 Å². The second kappa shape index (κ2) is 30.6. The van der Waals surface area contributed by atoms with Crippen molar-refractivity contribution >= 4 is 82.0 Å². The molecule has 2 unspecified atom stereocenters. The number of hydrogen-bond acceptors (Lipinski definition) is 14. The van der Waals surface area contributed by atoms with Crippen molar-refractivity contribution in [2.75, 3.05) is 59.4 Å². The average molecular weight is 1290 g/mol. The lowest BCUT2D eigenvalue weighted by molar-refractivity contribution is -0.139. The summed E-state index contributed by atoms with van der Waals surface area (Å²) in [5, 5.41) is 8.44. The number of aryl methyl sites for hydroxylation is 1. The van der Waals surface area contributed by atoms with Gasteiger partial charge in [0.15, 0.2) is 23.0 Å². The predicted molar refractivity (Wildman–Crippen MR) is 366 cm³/mol. The molecule has 3 N–H and O–H groups in total. The molecule has 1 aliphatic carbocycles. The van der Waals surface area contributed by atoms with E-state index < -0.39 is 29.8 Å². The molecule has 0 radical (unpaired) electrons. The summed E-state index contributed by atoms with van der Waals surface area (Å²) in [6, 6.07) is 20.4. The van der Waals surface area contributed by atoms with E-state index in [0.29, 0.717) is 89.7 Å². The number of rotatable bonds is 26. The van der Waals surface area contributed by atoms with Crippen molar-refractivity contribution in [2.24, 2.45) is 27.7 Å². The van der Waals surface area contributed by atoms with Gasteiger partial charge >= 0.3 is 0 Å². The first-order valence-corrected chi connectivity index (χ1v) is 33.2. The number of amides is 7. The van der Waals surface area contributed by atoms with Gasteiger partial charge in [0.25, 0.3) is 11.8 Å². The van der Waals surface area contributed by atoms with Crippen LogP contribution in [0.1, 0.15) is 129 Å². The van der Waals surface area contributed by atoms with Crippen LogP contribution in [0.15, 0.2) is 143 Å². The van der Waals surface area contributed by atoms with Gasteiger partial charge in [-0.3, -0.25) is 48.4 Å². The SMILES string of the molecule is COc1cc2c(cc1OCCCOc1cc3c(cc1OC)C(=O)N1C=C(c4ccc(NC(=O)[C@H](C)NC(=O)C(NC(=O)CCCCCN5C(=O)CC(C6=C/C=C\C=C/C=C6)C5=O)C(C)C)cc4)C[C@H]1C=N3)N=C[C@@H]1CC(c3ccc(CCC4CCN(C)CC4)cc3)=CN1C2=O. The van der Waals surface area contributed by atoms with Crippen molar-refractivity contribution in [3.63, 3.8) is 0 Å². The second-order valence-electron chi connectivity index (χ2n) is 25.7. The maximum Gasteiger partial charge on any atom is 0.260 e. The number of likely N-dealkylation sites (tertiary alicyclic amines) is 2. The van der Waals surface area contributed by atoms with Gasteiger partial charge in [-0.2, -0.15) is 0 Å². The Balaban J connectivity index is 0.614. The van der Waals surface area contributed by atoms with Gasteiger partial charge in [0.05, 0.1) is 67.9 Å². The van der Waals surface area contributed by atoms with Crippen LogP contribution < -0.4 is 34.9 Å². The van der Waals surface area contributed by atoms with Crippen LogP contribution in [0.5, 0.6) is 23.0 Å². The van der Waals surface area contributed by atoms with Gasteiger partial charge < -0.3 is 49.6 Å². The highest BCUT2D eigenvalue weighted by Crippen LogP contribution is 2.42. The second-order valence-corrected chi connectivity index (χ2v) is 25.7. The monoisotopic (exact) mass is 1290 g/mol. The molecule has 6 heterocycles. The molecule has 4 aromatic rings. The number of benzene rings is 4. The van der Waals surface area contributed by atoms with E-state index in [-0.39, 0.29) is 80.1 Å². The van der Waals surface area contributed by atoms with Crippen molar-refractivity contribution in [2.45, 2.75) is 122 Å². The third kappa shape index (κ3) is 15.9. The molecular weight excluding hydrogens is 1200 g/mol. The highest BCUT2D eigenvalue weighted by molar-refractivity contribution is 6.07. The zero-order valence-corrected chi connectivity index (χ0v) is 55.0. The van der Waals surface area contributed by atoms with E-state index >= 15 is 0 Å². The van der Waals surface area contributed by atoms with Crippen LogP contribution in [0.2, 0.25) is 0 Å². The van der Waals surface area contributed by atoms with Crippen molar-refractivity contribution in [1.82, 2.24) is 30.2 Å². The van der Waals surface area contributed by atoms with Crippen molar-refractivity contribution in [3.05, 3.63) is 161 Å². The Labute approximate surface area is 555 Å². The molecule has 20 nitrogen and oxygen atoms in total. The van der Waals surface area contributed by atoms with E-state index in [1.54, 1.807) is 66.4 Å². The van der Waals surface area contributed by atoms with Crippen LogP contribution in [0.3, 0.4) is 0 Å². The van der Waals surface area contributed by atoms with E-state index in [2.05, 4.69) is 52.2 Å². The standard InChI is InChI=1S/C75H85N9O11/c1-47(2)70(80-68(85)18-13-10-14-31-82-69(86)40-59(73(82)89)53-16-11-8-7-9-12-17-53)72(88)78-48(3)71(87)79-56-27-25-52(26-28-56)55-37-58-44-77-63-42-67(65(93-6)39-61(63)75(91)84(58)46-55)95-35-15-34-94-66-41-62-60(38-64(66)92-5)74(90)83-45-54(36-57(83)43-76-62)51-23-21-49(22-24-51)19-20-50-29-32-81(4)33-30-50/h7-9,11-12,16-17,21-28,38-39,41-48,50,57-59,70H,10,13-15,18-20,29-37,40H2,1-6H3,(H,78,88)(H,79,87)(H,80,85)/b8-7-,9-7?,11-8?,12-9-,16-11?,17-12?,53-16?,53-17?/t48-,57-,58-,59?,70?/m0/s1. The number of nitrogens with zero attached hydrogens (tertiary/aromatic N) is 6. The molecule has 496 valence electrons. The molecule has 0 bridgehead atoms. The molecule has 6 aliphatic heterocycles. The van der Waals surface area contributed by atoms with Crippen LogP contribution in [-0.4, -0.2) is 152 Å². The van der Waals surface area contributed by atoms with Crippen LogP contribution in [0.4, 0.5) is 17.1 Å². The highest BCUT2D eigenvalue weighted by atomic mass is 16.5. The minimum Gasteiger partial charge on any atom is -0.493 e. The number of imide groups is 1. The normalized spacial score (nSPS) is 20.4. The number of hydrogen-bond donors (Lipinski definition) is 3. The lowest BCUT2D eigenvalue weighted by Gasteiger charge is -2.28. The molecule has 11 rings (SSSR count). The van der Waals surface area contributed by atoms with Crippen molar-refractivity contribution < 1.29 is 52.5 Å². The first kappa shape index (κ1) is 66.8. The minimum atomic E-state index is -0.936. The first-order chi connectivity index (χ1) is 46.0. The fourth-order valence-corrected chi connectivity index (χ4v) is 13.1. The lowest BCUT2D eigenvalue weighted by atomic mass is 9.90. The summed E-state index contributed by atoms with van der Waals surface area (Å²) in [4.78, 5) is 111. The Bertz CT molecular complexity index is 3830. The molecule has 7 amide bonds. The molecule has 95 heavy (non-hydrogen) atoms. The number of carbonyl (C=O) groups excluding carboxylic acids is 7. The topological polar surface area (TPSA) is 230 Å². The summed E-state index contributed by atoms with van der Waals surface area (Å²) in [5.41, 5.74) is 8.32. The van der Waals surface area contributed by atoms with Gasteiger partial charge in [-0.1, -0.05) is 99.2 Å². The first-order valence-electron chi connectivity index (χ1n) is 33.2. The number of anilines is 1. The third-order valence-electron chi connectivity index (χ3n) is 18.7. The van der Waals surface area contributed by atoms with Crippen LogP contribution in [-0.2, 0) is 30.4 Å². The fraction of sp³-hybridized carbons (Fsp3) is 0.400. The quantitative estimate of drug-likeness (QED) is 0.0394. The highest BCUT2D eigenvalue weighted by Gasteiger charge is 2.40. The summed E-state index contributed by atoms with van der Waals surface area (Å²) in [6.45, 7) is 8.35. The van der Waals surface area contributed by atoms with Gasteiger partial charge in [0, 0.05) is 81.3 Å². The Hall–Kier alpha value is -9.69. The summed E-state index contributed by atoms with van der Waals surface area (Å²) in [6.07, 6.45) is 28.8. The summed E-state index contributed by atoms with van der Waals surface area (Å²) in [5.74, 6) is -0.410. The molecule has 2 fully saturated rings. The number of carbonyl (C=O) groups is 7. The van der Waals surface area contributed by atoms with Crippen LogP contribution in [0, 0.1) is 17.8 Å². The molecule has 0 spiro atoms. The zero-order valence-electron chi connectivity index (χ0n) is 55.0. The minimum absolute atomic E-state index is 0.133. The molecule has 2 saturated heterocycles. The molecule has 7 aliphatic rings. The van der Waals surface area contributed by atoms with E-state index in [4.69, 9.17) is 28.9 Å². The molecule has 4 aromatic carbocycles. The smallest absolute Gasteiger partial charge is 0.260 e. The maximum atomic E-state index is 14.2. The zero-order chi connectivity index (χ0) is 66.7. The van der Waals surface area contributed by atoms with E-state index in [0.717, 1.165) is 40.2 Å². The predicted octanol–water partition coefficient (Wildman–Crippen LogP) is 10.9. The fourth-order valence-electron chi connectivity index (χ4n) is 13.1. The number of nitrogens with one attached hydrogen (secondary N) is 3. The summed E-state index contributed by atoms with van der Waals surface area (Å²) < 4.78 is 23.9. The lowest BCUT2D eigenvalue weighted by Crippen LogP contribution is -2.53. The molecule has 0 saturated carbocycles. The Morgan fingerprint density at radius 2 is 1.22 bits per heavy atom. The van der Waals surface area contributed by atoms with Gasteiger partial charge in [-0.25, -0.2) is 0 Å². The van der Waals surface area contributed by atoms with Gasteiger partial charge in [-0.05, 0) is 135 Å². The average Bonchev–Trinajstić information content (AvgIpc) is 1.67. The van der Waals surface area contributed by atoms with E-state index in [1.165, 1.54) is 49.9 Å². The van der Waals surface area contributed by atoms with Gasteiger partial charge in [0.2, 0.25) is 29.5 Å². The van der Waals surface area contributed by atoms with Crippen LogP contribution >= 0.6 is 0 Å². The Kier molecular flexibility index (Phi) is 21.5. The molecule has 5 atom stereocenters. The maximum absolute atomic E-state index is 14.2. The number of aliphatic imine (C=N–C) groups is 2. The summed E-state index contributed by atoms with van der Waals surface area (Å²) in [7, 11) is 5.26. The third-order valence-corrected chi connectivity index (χ3v) is 18.7. The number of unbranched alkanes of at least 4 members (excludes halogenated alkanes) is 2. The molecule has 20 heteroatoms.